The molecule has 1 saturated carbocycles. The van der Waals surface area contributed by atoms with E-state index in [-0.39, 0.29) is 30.8 Å². The molecule has 1 aromatic rings. The number of nitrogens with zero attached hydrogens (tertiary/aromatic N) is 1. The van der Waals surface area contributed by atoms with E-state index in [0.717, 1.165) is 37.7 Å². The Bertz CT molecular complexity index is 1010. The lowest BCUT2D eigenvalue weighted by atomic mass is 9.93. The number of nitrogens with one attached hydrogen (secondary N) is 2. The van der Waals surface area contributed by atoms with Gasteiger partial charge in [-0.3, -0.25) is 14.4 Å². The number of benzene rings is 1. The van der Waals surface area contributed by atoms with Gasteiger partial charge in [0.1, 0.15) is 17.7 Å². The molecule has 9 nitrogen and oxygen atoms in total. The zero-order chi connectivity index (χ0) is 29.2. The topological polar surface area (TPSA) is 131 Å². The maximum Gasteiger partial charge on any atom is 0.408 e. The molecule has 0 aliphatic heterocycles. The summed E-state index contributed by atoms with van der Waals surface area (Å²) in [4.78, 5) is 54.0. The van der Waals surface area contributed by atoms with E-state index in [9.17, 15) is 19.2 Å². The molecule has 9 heteroatoms. The lowest BCUT2D eigenvalue weighted by molar-refractivity contribution is -0.145. The number of nitrogens with two attached hydrogens (primary N) is 1. The van der Waals surface area contributed by atoms with Crippen LogP contribution < -0.4 is 16.4 Å². The van der Waals surface area contributed by atoms with E-state index in [2.05, 4.69) is 17.2 Å². The van der Waals surface area contributed by atoms with Crippen molar-refractivity contribution in [3.8, 4) is 0 Å². The number of hydrogen-bond acceptors (Lipinski definition) is 5. The Morgan fingerprint density at radius 2 is 1.85 bits per heavy atom. The monoisotopic (exact) mass is 542 g/mol. The summed E-state index contributed by atoms with van der Waals surface area (Å²) in [5, 5.41) is 5.81. The molecule has 0 bridgehead atoms. The van der Waals surface area contributed by atoms with E-state index in [1.807, 2.05) is 38.1 Å². The van der Waals surface area contributed by atoms with Crippen molar-refractivity contribution in [2.24, 2.45) is 5.73 Å². The van der Waals surface area contributed by atoms with Gasteiger partial charge in [-0.05, 0) is 70.6 Å². The molecule has 0 saturated heterocycles. The van der Waals surface area contributed by atoms with Gasteiger partial charge in [-0.2, -0.15) is 0 Å². The smallest absolute Gasteiger partial charge is 0.408 e. The summed E-state index contributed by atoms with van der Waals surface area (Å²) in [6.45, 7) is 12.8. The minimum atomic E-state index is -1.12. The van der Waals surface area contributed by atoms with Crippen LogP contribution in [0.25, 0.3) is 6.08 Å². The third kappa shape index (κ3) is 10.0. The van der Waals surface area contributed by atoms with Crippen LogP contribution in [0.5, 0.6) is 0 Å². The predicted octanol–water partition coefficient (Wildman–Crippen LogP) is 4.61. The number of rotatable bonds is 12. The van der Waals surface area contributed by atoms with Crippen molar-refractivity contribution in [3.05, 3.63) is 42.0 Å². The lowest BCUT2D eigenvalue weighted by Gasteiger charge is -2.39. The van der Waals surface area contributed by atoms with Gasteiger partial charge < -0.3 is 26.0 Å². The number of carbonyl (C=O) groups is 4. The zero-order valence-corrected chi connectivity index (χ0v) is 24.1. The number of ether oxygens (including phenoxy) is 1. The van der Waals surface area contributed by atoms with Gasteiger partial charge in [0.2, 0.25) is 17.7 Å². The molecule has 1 aliphatic rings. The molecule has 1 aliphatic carbocycles. The van der Waals surface area contributed by atoms with Crippen molar-refractivity contribution in [3.63, 3.8) is 0 Å². The molecule has 216 valence electrons. The fraction of sp³-hybridized carbons (Fsp3) is 0.600. The van der Waals surface area contributed by atoms with Crippen LogP contribution in [-0.4, -0.2) is 52.4 Å². The fourth-order valence-electron chi connectivity index (χ4n) is 4.79. The molecule has 3 atom stereocenters. The van der Waals surface area contributed by atoms with Gasteiger partial charge in [0, 0.05) is 18.5 Å². The Balaban J connectivity index is 2.53. The van der Waals surface area contributed by atoms with Gasteiger partial charge in [-0.15, -0.1) is 0 Å². The molecule has 0 aromatic heterocycles. The SMILES string of the molecule is C=Cc1cccc(C(C(=O)NC2CCCCC2)N(C(=O)C(CCC(N)=O)NC(=O)OC(C)(C)C)C(C)CC)c1. The first kappa shape index (κ1) is 31.9. The van der Waals surface area contributed by atoms with E-state index in [1.54, 1.807) is 26.8 Å². The van der Waals surface area contributed by atoms with Gasteiger partial charge in [0.05, 0.1) is 0 Å². The van der Waals surface area contributed by atoms with Crippen molar-refractivity contribution in [2.75, 3.05) is 0 Å². The molecule has 3 unspecified atom stereocenters. The molecule has 4 amide bonds. The van der Waals surface area contributed by atoms with E-state index in [0.29, 0.717) is 12.0 Å². The lowest BCUT2D eigenvalue weighted by Crippen LogP contribution is -2.56. The second kappa shape index (κ2) is 14.7. The first-order valence-electron chi connectivity index (χ1n) is 14.0. The van der Waals surface area contributed by atoms with E-state index in [1.165, 1.54) is 4.90 Å². The van der Waals surface area contributed by atoms with Crippen LogP contribution in [-0.2, 0) is 19.1 Å². The Morgan fingerprint density at radius 1 is 1.18 bits per heavy atom. The van der Waals surface area contributed by atoms with Crippen LogP contribution in [0.4, 0.5) is 4.79 Å². The summed E-state index contributed by atoms with van der Waals surface area (Å²) in [6.07, 6.45) is 6.35. The van der Waals surface area contributed by atoms with Crippen LogP contribution in [0.2, 0.25) is 0 Å². The van der Waals surface area contributed by atoms with Crippen LogP contribution in [0.1, 0.15) is 103 Å². The van der Waals surface area contributed by atoms with Gasteiger partial charge >= 0.3 is 6.09 Å². The summed E-state index contributed by atoms with van der Waals surface area (Å²) >= 11 is 0. The first-order chi connectivity index (χ1) is 18.4. The summed E-state index contributed by atoms with van der Waals surface area (Å²) in [6, 6.07) is 4.98. The summed E-state index contributed by atoms with van der Waals surface area (Å²) in [5.74, 6) is -1.36. The molecule has 0 spiro atoms. The standard InChI is InChI=1S/C30H46N4O5/c1-7-20(3)34(28(37)24(17-18-25(31)35)33-29(38)39-30(4,5)6)26(22-14-12-13-21(8-2)19-22)27(36)32-23-15-10-9-11-16-23/h8,12-14,19-20,23-24,26H,2,7,9-11,15-18H2,1,3-6H3,(H2,31,35)(H,32,36)(H,33,38). The zero-order valence-electron chi connectivity index (χ0n) is 24.1. The minimum Gasteiger partial charge on any atom is -0.444 e. The van der Waals surface area contributed by atoms with E-state index >= 15 is 0 Å². The highest BCUT2D eigenvalue weighted by Gasteiger charge is 2.39. The van der Waals surface area contributed by atoms with Crippen molar-refractivity contribution >= 4 is 29.9 Å². The molecule has 2 rings (SSSR count). The Labute approximate surface area is 232 Å². The summed E-state index contributed by atoms with van der Waals surface area (Å²) in [5.41, 5.74) is 6.06. The Hall–Kier alpha value is -3.36. The average molecular weight is 543 g/mol. The Kier molecular flexibility index (Phi) is 12.0. The predicted molar refractivity (Wildman–Crippen MR) is 152 cm³/mol. The molecule has 0 radical (unpaired) electrons. The van der Waals surface area contributed by atoms with Crippen molar-refractivity contribution in [2.45, 2.75) is 116 Å². The summed E-state index contributed by atoms with van der Waals surface area (Å²) in [7, 11) is 0. The largest absolute Gasteiger partial charge is 0.444 e. The van der Waals surface area contributed by atoms with Crippen molar-refractivity contribution < 1.29 is 23.9 Å². The van der Waals surface area contributed by atoms with Gasteiger partial charge in [0.25, 0.3) is 0 Å². The maximum atomic E-state index is 14.2. The molecule has 4 N–H and O–H groups in total. The number of amides is 4. The second-order valence-corrected chi connectivity index (χ2v) is 11.3. The highest BCUT2D eigenvalue weighted by molar-refractivity contribution is 5.93. The third-order valence-corrected chi connectivity index (χ3v) is 6.93. The quantitative estimate of drug-likeness (QED) is 0.355. The molecule has 1 fully saturated rings. The van der Waals surface area contributed by atoms with Crippen LogP contribution >= 0.6 is 0 Å². The van der Waals surface area contributed by atoms with Gasteiger partial charge in [-0.25, -0.2) is 4.79 Å². The van der Waals surface area contributed by atoms with E-state index in [4.69, 9.17) is 10.5 Å². The van der Waals surface area contributed by atoms with Crippen molar-refractivity contribution in [1.29, 1.82) is 0 Å². The highest BCUT2D eigenvalue weighted by Crippen LogP contribution is 2.29. The average Bonchev–Trinajstić information content (AvgIpc) is 2.88. The molecular formula is C30H46N4O5. The van der Waals surface area contributed by atoms with Crippen molar-refractivity contribution in [1.82, 2.24) is 15.5 Å². The number of alkyl carbamates (subject to hydrolysis) is 1. The molecule has 39 heavy (non-hydrogen) atoms. The maximum absolute atomic E-state index is 14.2. The minimum absolute atomic E-state index is 0.0238. The molecule has 0 heterocycles. The third-order valence-electron chi connectivity index (χ3n) is 6.93. The number of carbonyl (C=O) groups excluding carboxylic acids is 4. The number of hydrogen-bond donors (Lipinski definition) is 3. The number of primary amides is 1. The van der Waals surface area contributed by atoms with Crippen LogP contribution in [0.15, 0.2) is 30.8 Å². The van der Waals surface area contributed by atoms with Gasteiger partial charge in [-0.1, -0.05) is 57.0 Å². The van der Waals surface area contributed by atoms with E-state index < -0.39 is 35.6 Å². The normalized spacial score (nSPS) is 16.3. The molecule has 1 aromatic carbocycles. The Morgan fingerprint density at radius 3 is 2.41 bits per heavy atom. The second-order valence-electron chi connectivity index (χ2n) is 11.3. The van der Waals surface area contributed by atoms with Crippen LogP contribution in [0, 0.1) is 0 Å². The highest BCUT2D eigenvalue weighted by atomic mass is 16.6. The molecular weight excluding hydrogens is 496 g/mol. The van der Waals surface area contributed by atoms with Crippen LogP contribution in [0.3, 0.4) is 0 Å². The van der Waals surface area contributed by atoms with Gasteiger partial charge in [0.15, 0.2) is 0 Å². The summed E-state index contributed by atoms with van der Waals surface area (Å²) < 4.78 is 5.39. The fourth-order valence-corrected chi connectivity index (χ4v) is 4.79. The first-order valence-corrected chi connectivity index (χ1v) is 14.0.